The zero-order valence-electron chi connectivity index (χ0n) is 11.1. The van der Waals surface area contributed by atoms with E-state index in [0.717, 1.165) is 11.3 Å². The topological polar surface area (TPSA) is 29.5 Å². The highest BCUT2D eigenvalue weighted by atomic mass is 16.5. The molecule has 1 N–H and O–H groups in total. The molecule has 1 atom stereocenters. The monoisotopic (exact) mass is 222 g/mol. The van der Waals surface area contributed by atoms with Crippen molar-refractivity contribution in [3.63, 3.8) is 0 Å². The molecule has 0 saturated carbocycles. The molecule has 0 bridgehead atoms. The summed E-state index contributed by atoms with van der Waals surface area (Å²) in [6.45, 7) is 11.6. The normalized spacial score (nSPS) is 13.7. The molecule has 2 nitrogen and oxygen atoms in total. The molecule has 0 radical (unpaired) electrons. The van der Waals surface area contributed by atoms with Crippen molar-refractivity contribution < 1.29 is 9.84 Å². The molecule has 1 rings (SSSR count). The predicted octanol–water partition coefficient (Wildman–Crippen LogP) is 3.15. The van der Waals surface area contributed by atoms with Crippen molar-refractivity contribution in [2.75, 3.05) is 0 Å². The summed E-state index contributed by atoms with van der Waals surface area (Å²) in [4.78, 5) is 0. The second-order valence-corrected chi connectivity index (χ2v) is 5.12. The van der Waals surface area contributed by atoms with E-state index in [2.05, 4.69) is 13.0 Å². The van der Waals surface area contributed by atoms with Gasteiger partial charge in [-0.25, -0.2) is 0 Å². The smallest absolute Gasteiger partial charge is 0.124 e. The van der Waals surface area contributed by atoms with Crippen LogP contribution in [0.4, 0.5) is 0 Å². The third-order valence-electron chi connectivity index (χ3n) is 3.06. The molecule has 0 aliphatic carbocycles. The molecule has 0 aliphatic heterocycles. The maximum Gasteiger partial charge on any atom is 0.124 e. The van der Waals surface area contributed by atoms with Crippen molar-refractivity contribution in [1.82, 2.24) is 0 Å². The Morgan fingerprint density at radius 3 is 2.25 bits per heavy atom. The number of aryl methyl sites for hydroxylation is 2. The van der Waals surface area contributed by atoms with Gasteiger partial charge in [-0.15, -0.1) is 0 Å². The van der Waals surface area contributed by atoms with E-state index in [-0.39, 0.29) is 6.10 Å². The quantitative estimate of drug-likeness (QED) is 0.851. The van der Waals surface area contributed by atoms with E-state index in [0.29, 0.717) is 0 Å². The molecule has 0 fully saturated rings. The highest BCUT2D eigenvalue weighted by molar-refractivity contribution is 5.42. The molecule has 1 unspecified atom stereocenters. The maximum absolute atomic E-state index is 9.85. The third kappa shape index (κ3) is 2.99. The minimum atomic E-state index is -0.829. The van der Waals surface area contributed by atoms with Crippen LogP contribution in [0.5, 0.6) is 5.75 Å². The first-order valence-electron chi connectivity index (χ1n) is 5.68. The summed E-state index contributed by atoms with van der Waals surface area (Å²) >= 11 is 0. The van der Waals surface area contributed by atoms with Gasteiger partial charge in [-0.2, -0.15) is 0 Å². The Morgan fingerprint density at radius 1 is 1.19 bits per heavy atom. The summed E-state index contributed by atoms with van der Waals surface area (Å²) in [6, 6.07) is 4.15. The number of hydrogen-bond acceptors (Lipinski definition) is 2. The summed E-state index contributed by atoms with van der Waals surface area (Å²) in [6.07, 6.45) is -0.229. The van der Waals surface area contributed by atoms with Crippen molar-refractivity contribution in [1.29, 1.82) is 0 Å². The molecule has 0 heterocycles. The van der Waals surface area contributed by atoms with Gasteiger partial charge in [0, 0.05) is 0 Å². The number of hydrogen-bond donors (Lipinski definition) is 1. The molecule has 2 heteroatoms. The predicted molar refractivity (Wildman–Crippen MR) is 67.0 cm³/mol. The van der Waals surface area contributed by atoms with Crippen LogP contribution in [0, 0.1) is 20.8 Å². The summed E-state index contributed by atoms with van der Waals surface area (Å²) in [5.74, 6) is 0.868. The van der Waals surface area contributed by atoms with E-state index >= 15 is 0 Å². The van der Waals surface area contributed by atoms with Gasteiger partial charge >= 0.3 is 0 Å². The van der Waals surface area contributed by atoms with Crippen LogP contribution in [0.25, 0.3) is 0 Å². The molecule has 1 aromatic carbocycles. The Bertz CT molecular complexity index is 375. The minimum absolute atomic E-state index is 0.229. The van der Waals surface area contributed by atoms with Gasteiger partial charge in [-0.1, -0.05) is 6.07 Å². The lowest BCUT2D eigenvalue weighted by molar-refractivity contribution is -0.0244. The Balaban J connectivity index is 2.98. The van der Waals surface area contributed by atoms with E-state index in [1.165, 1.54) is 11.1 Å². The fourth-order valence-electron chi connectivity index (χ4n) is 1.46. The second kappa shape index (κ2) is 4.46. The van der Waals surface area contributed by atoms with Gasteiger partial charge in [0.1, 0.15) is 11.9 Å². The van der Waals surface area contributed by atoms with Gasteiger partial charge < -0.3 is 9.84 Å². The lowest BCUT2D eigenvalue weighted by Gasteiger charge is -2.27. The number of ether oxygens (including phenoxy) is 1. The first-order chi connectivity index (χ1) is 7.21. The number of rotatable bonds is 3. The van der Waals surface area contributed by atoms with Gasteiger partial charge in [-0.05, 0) is 64.3 Å². The maximum atomic E-state index is 9.85. The van der Waals surface area contributed by atoms with E-state index in [4.69, 9.17) is 4.74 Å². The SMILES string of the molecule is Cc1cc(C)c(C)c(OC(C)C(C)(C)O)c1. The highest BCUT2D eigenvalue weighted by Crippen LogP contribution is 2.26. The van der Waals surface area contributed by atoms with Gasteiger partial charge in [-0.3, -0.25) is 0 Å². The average Bonchev–Trinajstić information content (AvgIpc) is 2.11. The number of benzene rings is 1. The largest absolute Gasteiger partial charge is 0.487 e. The van der Waals surface area contributed by atoms with Crippen molar-refractivity contribution in [2.24, 2.45) is 0 Å². The molecule has 0 aliphatic rings. The van der Waals surface area contributed by atoms with Gasteiger partial charge in [0.05, 0.1) is 5.60 Å². The first kappa shape index (κ1) is 13.0. The molecular weight excluding hydrogens is 200 g/mol. The number of aliphatic hydroxyl groups is 1. The summed E-state index contributed by atoms with van der Waals surface area (Å²) in [7, 11) is 0. The summed E-state index contributed by atoms with van der Waals surface area (Å²) < 4.78 is 5.82. The van der Waals surface area contributed by atoms with E-state index < -0.39 is 5.60 Å². The van der Waals surface area contributed by atoms with Crippen LogP contribution in [0.15, 0.2) is 12.1 Å². The van der Waals surface area contributed by atoms with Crippen LogP contribution < -0.4 is 4.74 Å². The molecule has 1 aromatic rings. The van der Waals surface area contributed by atoms with Crippen molar-refractivity contribution in [3.05, 3.63) is 28.8 Å². The van der Waals surface area contributed by atoms with Crippen molar-refractivity contribution >= 4 is 0 Å². The van der Waals surface area contributed by atoms with Gasteiger partial charge in [0.25, 0.3) is 0 Å². The van der Waals surface area contributed by atoms with E-state index in [9.17, 15) is 5.11 Å². The molecule has 16 heavy (non-hydrogen) atoms. The van der Waals surface area contributed by atoms with Gasteiger partial charge in [0.15, 0.2) is 0 Å². The molecular formula is C14H22O2. The Labute approximate surface area is 98.3 Å². The van der Waals surface area contributed by atoms with Crippen LogP contribution in [-0.4, -0.2) is 16.8 Å². The standard InChI is InChI=1S/C14H22O2/c1-9-7-10(2)11(3)13(8-9)16-12(4)14(5,6)15/h7-8,12,15H,1-6H3. The van der Waals surface area contributed by atoms with E-state index in [1.54, 1.807) is 13.8 Å². The fourth-order valence-corrected chi connectivity index (χ4v) is 1.46. The Hall–Kier alpha value is -1.02. The zero-order valence-corrected chi connectivity index (χ0v) is 11.1. The molecule has 0 amide bonds. The lowest BCUT2D eigenvalue weighted by atomic mass is 10.0. The summed E-state index contributed by atoms with van der Waals surface area (Å²) in [5.41, 5.74) is 2.71. The van der Waals surface area contributed by atoms with E-state index in [1.807, 2.05) is 26.8 Å². The fraction of sp³-hybridized carbons (Fsp3) is 0.571. The summed E-state index contributed by atoms with van der Waals surface area (Å²) in [5, 5.41) is 9.85. The molecule has 0 spiro atoms. The van der Waals surface area contributed by atoms with Crippen LogP contribution in [0.3, 0.4) is 0 Å². The third-order valence-corrected chi connectivity index (χ3v) is 3.06. The molecule has 0 saturated heterocycles. The van der Waals surface area contributed by atoms with Crippen molar-refractivity contribution in [3.8, 4) is 5.75 Å². The minimum Gasteiger partial charge on any atom is -0.487 e. The Morgan fingerprint density at radius 2 is 1.75 bits per heavy atom. The zero-order chi connectivity index (χ0) is 12.5. The first-order valence-corrected chi connectivity index (χ1v) is 5.68. The molecule has 90 valence electrons. The van der Waals surface area contributed by atoms with Crippen LogP contribution >= 0.6 is 0 Å². The van der Waals surface area contributed by atoms with Crippen LogP contribution in [0.1, 0.15) is 37.5 Å². The van der Waals surface area contributed by atoms with Crippen molar-refractivity contribution in [2.45, 2.75) is 53.2 Å². The van der Waals surface area contributed by atoms with Crippen LogP contribution in [-0.2, 0) is 0 Å². The van der Waals surface area contributed by atoms with Gasteiger partial charge in [0.2, 0.25) is 0 Å². The second-order valence-electron chi connectivity index (χ2n) is 5.12. The van der Waals surface area contributed by atoms with Crippen LogP contribution in [0.2, 0.25) is 0 Å². The Kier molecular flexibility index (Phi) is 3.64. The highest BCUT2D eigenvalue weighted by Gasteiger charge is 2.24. The average molecular weight is 222 g/mol. The molecule has 0 aromatic heterocycles. The lowest BCUT2D eigenvalue weighted by Crippen LogP contribution is -2.38.